The van der Waals surface area contributed by atoms with Crippen LogP contribution in [0.4, 0.5) is 5.69 Å². The number of carboxylic acids is 1. The first-order chi connectivity index (χ1) is 8.90. The quantitative estimate of drug-likeness (QED) is 0.829. The van der Waals surface area contributed by atoms with E-state index in [1.165, 1.54) is 6.20 Å². The van der Waals surface area contributed by atoms with Gasteiger partial charge in [-0.05, 0) is 25.5 Å². The SMILES string of the molecule is CC1(C(=O)O)CCN(C(=O)Cc2ccc(N)cn2)C1. The van der Waals surface area contributed by atoms with Gasteiger partial charge in [0.2, 0.25) is 5.91 Å². The number of rotatable bonds is 3. The zero-order valence-electron chi connectivity index (χ0n) is 10.8. The second-order valence-corrected chi connectivity index (χ2v) is 5.19. The number of nitrogen functional groups attached to an aromatic ring is 1. The topological polar surface area (TPSA) is 96.5 Å². The minimum atomic E-state index is -0.853. The fourth-order valence-corrected chi connectivity index (χ4v) is 2.16. The number of carboxylic acid groups (broad SMARTS) is 1. The van der Waals surface area contributed by atoms with Crippen molar-refractivity contribution < 1.29 is 14.7 Å². The molecule has 0 spiro atoms. The van der Waals surface area contributed by atoms with Crippen LogP contribution in [0, 0.1) is 5.41 Å². The van der Waals surface area contributed by atoms with E-state index in [4.69, 9.17) is 10.8 Å². The van der Waals surface area contributed by atoms with Crippen LogP contribution in [-0.4, -0.2) is 40.0 Å². The van der Waals surface area contributed by atoms with Crippen LogP contribution in [0.2, 0.25) is 0 Å². The van der Waals surface area contributed by atoms with Gasteiger partial charge in [-0.1, -0.05) is 0 Å². The van der Waals surface area contributed by atoms with Gasteiger partial charge in [-0.15, -0.1) is 0 Å². The number of aromatic nitrogens is 1. The molecule has 0 aliphatic carbocycles. The van der Waals surface area contributed by atoms with Gasteiger partial charge < -0.3 is 15.7 Å². The molecule has 1 aliphatic rings. The molecule has 1 fully saturated rings. The van der Waals surface area contributed by atoms with Crippen molar-refractivity contribution in [2.24, 2.45) is 5.41 Å². The molecule has 1 unspecified atom stereocenters. The molecule has 1 amide bonds. The summed E-state index contributed by atoms with van der Waals surface area (Å²) in [5.41, 5.74) is 5.89. The van der Waals surface area contributed by atoms with Gasteiger partial charge in [-0.3, -0.25) is 14.6 Å². The number of anilines is 1. The Labute approximate surface area is 111 Å². The van der Waals surface area contributed by atoms with E-state index in [2.05, 4.69) is 4.98 Å². The number of nitrogens with zero attached hydrogens (tertiary/aromatic N) is 2. The summed E-state index contributed by atoms with van der Waals surface area (Å²) in [5.74, 6) is -0.948. The lowest BCUT2D eigenvalue weighted by Gasteiger charge is -2.20. The minimum absolute atomic E-state index is 0.0951. The van der Waals surface area contributed by atoms with E-state index in [-0.39, 0.29) is 18.9 Å². The van der Waals surface area contributed by atoms with E-state index < -0.39 is 11.4 Å². The second-order valence-electron chi connectivity index (χ2n) is 5.19. The Morgan fingerprint density at radius 3 is 2.79 bits per heavy atom. The molecule has 6 nitrogen and oxygen atoms in total. The number of nitrogens with two attached hydrogens (primary N) is 1. The zero-order chi connectivity index (χ0) is 14.0. The first kappa shape index (κ1) is 13.3. The van der Waals surface area contributed by atoms with Crippen molar-refractivity contribution in [2.75, 3.05) is 18.8 Å². The molecule has 1 aromatic heterocycles. The van der Waals surface area contributed by atoms with Crippen LogP contribution in [0.1, 0.15) is 19.0 Å². The molecule has 0 aromatic carbocycles. The molecule has 2 rings (SSSR count). The minimum Gasteiger partial charge on any atom is -0.481 e. The third-order valence-corrected chi connectivity index (χ3v) is 3.52. The van der Waals surface area contributed by atoms with Gasteiger partial charge in [0, 0.05) is 18.8 Å². The maximum absolute atomic E-state index is 12.1. The van der Waals surface area contributed by atoms with Crippen molar-refractivity contribution in [1.82, 2.24) is 9.88 Å². The van der Waals surface area contributed by atoms with Crippen LogP contribution in [0.5, 0.6) is 0 Å². The van der Waals surface area contributed by atoms with Crippen molar-refractivity contribution in [2.45, 2.75) is 19.8 Å². The first-order valence-electron chi connectivity index (χ1n) is 6.12. The Morgan fingerprint density at radius 2 is 2.26 bits per heavy atom. The van der Waals surface area contributed by atoms with Crippen molar-refractivity contribution in [1.29, 1.82) is 0 Å². The number of carbonyl (C=O) groups excluding carboxylic acids is 1. The molecule has 6 heteroatoms. The molecule has 1 saturated heterocycles. The van der Waals surface area contributed by atoms with Crippen LogP contribution in [-0.2, 0) is 16.0 Å². The highest BCUT2D eigenvalue weighted by Crippen LogP contribution is 2.30. The molecule has 3 N–H and O–H groups in total. The van der Waals surface area contributed by atoms with Gasteiger partial charge in [0.15, 0.2) is 0 Å². The average Bonchev–Trinajstić information content (AvgIpc) is 2.76. The van der Waals surface area contributed by atoms with Gasteiger partial charge >= 0.3 is 5.97 Å². The first-order valence-corrected chi connectivity index (χ1v) is 6.12. The second kappa shape index (κ2) is 4.87. The largest absolute Gasteiger partial charge is 0.481 e. The molecule has 1 aromatic rings. The molecular weight excluding hydrogens is 246 g/mol. The van der Waals surface area contributed by atoms with Gasteiger partial charge in [0.25, 0.3) is 0 Å². The Morgan fingerprint density at radius 1 is 1.53 bits per heavy atom. The highest BCUT2D eigenvalue weighted by atomic mass is 16.4. The van der Waals surface area contributed by atoms with Gasteiger partial charge in [-0.25, -0.2) is 0 Å². The summed E-state index contributed by atoms with van der Waals surface area (Å²) in [6.45, 7) is 2.41. The summed E-state index contributed by atoms with van der Waals surface area (Å²) in [5, 5.41) is 9.13. The number of pyridine rings is 1. The molecule has 1 atom stereocenters. The van der Waals surface area contributed by atoms with Crippen LogP contribution in [0.3, 0.4) is 0 Å². The lowest BCUT2D eigenvalue weighted by atomic mass is 9.90. The number of carbonyl (C=O) groups is 2. The van der Waals surface area contributed by atoms with Crippen molar-refractivity contribution in [3.05, 3.63) is 24.0 Å². The predicted octanol–water partition coefficient (Wildman–Crippen LogP) is 0.529. The number of amides is 1. The Hall–Kier alpha value is -2.11. The van der Waals surface area contributed by atoms with Crippen LogP contribution >= 0.6 is 0 Å². The Bertz CT molecular complexity index is 500. The zero-order valence-corrected chi connectivity index (χ0v) is 10.8. The third-order valence-electron chi connectivity index (χ3n) is 3.52. The summed E-state index contributed by atoms with van der Waals surface area (Å²) in [6, 6.07) is 3.40. The number of likely N-dealkylation sites (tertiary alicyclic amines) is 1. The molecule has 1 aliphatic heterocycles. The Balaban J connectivity index is 1.98. The van der Waals surface area contributed by atoms with Crippen molar-refractivity contribution in [3.63, 3.8) is 0 Å². The van der Waals surface area contributed by atoms with E-state index in [1.807, 2.05) is 0 Å². The monoisotopic (exact) mass is 263 g/mol. The number of aliphatic carboxylic acids is 1. The molecule has 0 bridgehead atoms. The summed E-state index contributed by atoms with van der Waals surface area (Å²) in [4.78, 5) is 28.9. The van der Waals surface area contributed by atoms with Gasteiger partial charge in [0.1, 0.15) is 0 Å². The third kappa shape index (κ3) is 2.83. The van der Waals surface area contributed by atoms with Gasteiger partial charge in [0.05, 0.1) is 23.7 Å². The Kier molecular flexibility index (Phi) is 3.42. The molecule has 0 radical (unpaired) electrons. The summed E-state index contributed by atoms with van der Waals surface area (Å²) in [6.07, 6.45) is 2.17. The van der Waals surface area contributed by atoms with Crippen LogP contribution < -0.4 is 5.73 Å². The standard InChI is InChI=1S/C13H17N3O3/c1-13(12(18)19)4-5-16(8-13)11(17)6-10-3-2-9(14)7-15-10/h2-3,7H,4-6,8,14H2,1H3,(H,18,19). The summed E-state index contributed by atoms with van der Waals surface area (Å²) < 4.78 is 0. The average molecular weight is 263 g/mol. The fourth-order valence-electron chi connectivity index (χ4n) is 2.16. The lowest BCUT2D eigenvalue weighted by molar-refractivity contribution is -0.147. The van der Waals surface area contributed by atoms with E-state index in [9.17, 15) is 9.59 Å². The smallest absolute Gasteiger partial charge is 0.311 e. The molecular formula is C13H17N3O3. The van der Waals surface area contributed by atoms with Crippen LogP contribution in [0.25, 0.3) is 0 Å². The van der Waals surface area contributed by atoms with E-state index in [1.54, 1.807) is 24.0 Å². The highest BCUT2D eigenvalue weighted by Gasteiger charge is 2.41. The summed E-state index contributed by atoms with van der Waals surface area (Å²) >= 11 is 0. The van der Waals surface area contributed by atoms with E-state index in [0.717, 1.165) is 0 Å². The number of hydrogen-bond acceptors (Lipinski definition) is 4. The molecule has 19 heavy (non-hydrogen) atoms. The number of hydrogen-bond donors (Lipinski definition) is 2. The fraction of sp³-hybridized carbons (Fsp3) is 0.462. The predicted molar refractivity (Wildman–Crippen MR) is 69.3 cm³/mol. The van der Waals surface area contributed by atoms with E-state index >= 15 is 0 Å². The van der Waals surface area contributed by atoms with E-state index in [0.29, 0.717) is 24.3 Å². The molecule has 2 heterocycles. The lowest BCUT2D eigenvalue weighted by Crippen LogP contribution is -2.35. The molecule has 0 saturated carbocycles. The maximum Gasteiger partial charge on any atom is 0.311 e. The van der Waals surface area contributed by atoms with Gasteiger partial charge in [-0.2, -0.15) is 0 Å². The van der Waals surface area contributed by atoms with Crippen molar-refractivity contribution in [3.8, 4) is 0 Å². The van der Waals surface area contributed by atoms with Crippen molar-refractivity contribution >= 4 is 17.6 Å². The van der Waals surface area contributed by atoms with Crippen LogP contribution in [0.15, 0.2) is 18.3 Å². The normalized spacial score (nSPS) is 22.5. The highest BCUT2D eigenvalue weighted by molar-refractivity contribution is 5.81. The maximum atomic E-state index is 12.1. The summed E-state index contributed by atoms with van der Waals surface area (Å²) in [7, 11) is 0. The molecule has 102 valence electrons.